The molecular weight excluding hydrogens is 324 g/mol. The number of rotatable bonds is 4. The van der Waals surface area contributed by atoms with Gasteiger partial charge in [0.25, 0.3) is 0 Å². The van der Waals surface area contributed by atoms with Gasteiger partial charge in [-0.2, -0.15) is 0 Å². The zero-order valence-corrected chi connectivity index (χ0v) is 15.1. The van der Waals surface area contributed by atoms with E-state index < -0.39 is 5.92 Å². The van der Waals surface area contributed by atoms with Crippen LogP contribution in [0.2, 0.25) is 0 Å². The third kappa shape index (κ3) is 9.24. The maximum atomic E-state index is 12.5. The van der Waals surface area contributed by atoms with E-state index in [1.165, 1.54) is 0 Å². The summed E-state index contributed by atoms with van der Waals surface area (Å²) in [6, 6.07) is -0.659. The molecule has 0 aromatic rings. The minimum atomic E-state index is -0.497. The predicted octanol–water partition coefficient (Wildman–Crippen LogP) is 1.06. The van der Waals surface area contributed by atoms with Crippen molar-refractivity contribution in [2.45, 2.75) is 64.5 Å². The molecule has 0 aliphatic carbocycles. The van der Waals surface area contributed by atoms with Gasteiger partial charge in [0.1, 0.15) is 6.61 Å². The Bertz CT molecular complexity index is 478. The highest BCUT2D eigenvalue weighted by Gasteiger charge is 2.23. The van der Waals surface area contributed by atoms with Crippen LogP contribution in [0.4, 0.5) is 0 Å². The first-order valence-electron chi connectivity index (χ1n) is 8.93. The second-order valence-electron chi connectivity index (χ2n) is 6.60. The van der Waals surface area contributed by atoms with Gasteiger partial charge in [0.15, 0.2) is 0 Å². The Morgan fingerprint density at radius 2 is 2.16 bits per heavy atom. The Balaban J connectivity index is 2.70. The first kappa shape index (κ1) is 21.2. The molecule has 0 radical (unpaired) electrons. The molecule has 1 aliphatic rings. The van der Waals surface area contributed by atoms with Gasteiger partial charge in [-0.15, -0.1) is 0 Å². The number of carbonyl (C=O) groups excluding carboxylic acids is 3. The molecule has 2 amide bonds. The number of cyclic esters (lactones) is 1. The highest BCUT2D eigenvalue weighted by Crippen LogP contribution is 2.13. The molecule has 0 unspecified atom stereocenters. The minimum absolute atomic E-state index is 0.0486. The zero-order valence-electron chi connectivity index (χ0n) is 15.1. The summed E-state index contributed by atoms with van der Waals surface area (Å²) in [5.41, 5.74) is 0. The number of hydrogen-bond acceptors (Lipinski definition) is 5. The lowest BCUT2D eigenvalue weighted by atomic mass is 9.98. The van der Waals surface area contributed by atoms with Crippen LogP contribution in [0.15, 0.2) is 12.2 Å². The van der Waals surface area contributed by atoms with Gasteiger partial charge in [-0.25, -0.2) is 0 Å². The van der Waals surface area contributed by atoms with Crippen LogP contribution < -0.4 is 10.6 Å². The van der Waals surface area contributed by atoms with Crippen LogP contribution in [0, 0.1) is 5.92 Å². The van der Waals surface area contributed by atoms with Gasteiger partial charge in [-0.05, 0) is 39.5 Å². The molecule has 0 aromatic heterocycles. The standard InChI is InChI=1S/C18H30N2O5/c1-13(11-21)19-16(22)10-15-8-6-4-3-5-7-9-17(23)25-12-14(2)20-18(15)24/h4,6,13-15,21H,3,5,7-12H2,1-2H3,(H,19,22)(H,20,24)/t13-,14-,15+/m0/s1. The molecule has 0 fully saturated rings. The lowest BCUT2D eigenvalue weighted by Crippen LogP contribution is -2.42. The van der Waals surface area contributed by atoms with Gasteiger partial charge in [0.05, 0.1) is 18.6 Å². The average Bonchev–Trinajstić information content (AvgIpc) is 2.57. The fourth-order valence-electron chi connectivity index (χ4n) is 2.49. The quantitative estimate of drug-likeness (QED) is 0.517. The van der Waals surface area contributed by atoms with Gasteiger partial charge < -0.3 is 20.5 Å². The van der Waals surface area contributed by atoms with Crippen LogP contribution in [0.5, 0.6) is 0 Å². The van der Waals surface area contributed by atoms with Gasteiger partial charge in [0.2, 0.25) is 11.8 Å². The summed E-state index contributed by atoms with van der Waals surface area (Å²) in [4.78, 5) is 36.1. The third-order valence-electron chi connectivity index (χ3n) is 3.96. The Morgan fingerprint density at radius 3 is 2.88 bits per heavy atom. The summed E-state index contributed by atoms with van der Waals surface area (Å²) in [5, 5.41) is 14.5. The average molecular weight is 354 g/mol. The lowest BCUT2D eigenvalue weighted by Gasteiger charge is -2.20. The molecule has 3 N–H and O–H groups in total. The first-order chi connectivity index (χ1) is 11.9. The SMILES string of the molecule is C[C@@H](CO)NC(=O)C[C@H]1CC=CCCCCC(=O)OC[C@H](C)NC1=O. The number of ether oxygens (including phenoxy) is 1. The summed E-state index contributed by atoms with van der Waals surface area (Å²) >= 11 is 0. The molecule has 0 bridgehead atoms. The molecule has 0 saturated heterocycles. The molecule has 142 valence electrons. The van der Waals surface area contributed by atoms with Crippen LogP contribution in [0.25, 0.3) is 0 Å². The molecule has 0 saturated carbocycles. The van der Waals surface area contributed by atoms with Crippen molar-refractivity contribution in [1.29, 1.82) is 0 Å². The van der Waals surface area contributed by atoms with Crippen molar-refractivity contribution >= 4 is 17.8 Å². The van der Waals surface area contributed by atoms with Crippen molar-refractivity contribution in [2.24, 2.45) is 5.92 Å². The minimum Gasteiger partial charge on any atom is -0.464 e. The molecule has 0 spiro atoms. The summed E-state index contributed by atoms with van der Waals surface area (Å²) in [7, 11) is 0. The monoisotopic (exact) mass is 354 g/mol. The highest BCUT2D eigenvalue weighted by molar-refractivity contribution is 5.86. The van der Waals surface area contributed by atoms with E-state index in [2.05, 4.69) is 10.6 Å². The number of amides is 2. The number of carbonyl (C=O) groups is 3. The number of aliphatic hydroxyl groups is 1. The van der Waals surface area contributed by atoms with Crippen molar-refractivity contribution in [3.8, 4) is 0 Å². The fourth-order valence-corrected chi connectivity index (χ4v) is 2.49. The predicted molar refractivity (Wildman–Crippen MR) is 93.6 cm³/mol. The van der Waals surface area contributed by atoms with E-state index in [-0.39, 0.29) is 49.5 Å². The van der Waals surface area contributed by atoms with Gasteiger partial charge in [-0.3, -0.25) is 14.4 Å². The molecule has 7 heteroatoms. The van der Waals surface area contributed by atoms with Gasteiger partial charge in [-0.1, -0.05) is 12.2 Å². The number of allylic oxidation sites excluding steroid dienone is 2. The summed E-state index contributed by atoms with van der Waals surface area (Å²) < 4.78 is 5.15. The Labute approximate surface area is 149 Å². The smallest absolute Gasteiger partial charge is 0.305 e. The van der Waals surface area contributed by atoms with Crippen LogP contribution >= 0.6 is 0 Å². The van der Waals surface area contributed by atoms with E-state index in [0.717, 1.165) is 19.3 Å². The largest absolute Gasteiger partial charge is 0.464 e. The molecular formula is C18H30N2O5. The number of esters is 1. The molecule has 3 atom stereocenters. The van der Waals surface area contributed by atoms with Crippen molar-refractivity contribution < 1.29 is 24.2 Å². The van der Waals surface area contributed by atoms with Gasteiger partial charge in [0, 0.05) is 18.9 Å². The molecule has 25 heavy (non-hydrogen) atoms. The van der Waals surface area contributed by atoms with Crippen LogP contribution in [0.1, 0.15) is 52.4 Å². The molecule has 1 heterocycles. The zero-order chi connectivity index (χ0) is 18.7. The fraction of sp³-hybridized carbons (Fsp3) is 0.722. The van der Waals surface area contributed by atoms with Crippen molar-refractivity contribution in [1.82, 2.24) is 10.6 Å². The molecule has 0 aromatic carbocycles. The summed E-state index contributed by atoms with van der Waals surface area (Å²) in [6.45, 7) is 3.44. The Morgan fingerprint density at radius 1 is 1.40 bits per heavy atom. The number of aliphatic hydroxyl groups excluding tert-OH is 1. The molecule has 7 nitrogen and oxygen atoms in total. The van der Waals surface area contributed by atoms with Crippen LogP contribution in [-0.4, -0.2) is 48.2 Å². The van der Waals surface area contributed by atoms with Crippen molar-refractivity contribution in [2.75, 3.05) is 13.2 Å². The normalized spacial score (nSPS) is 24.6. The summed E-state index contributed by atoms with van der Waals surface area (Å²) in [6.07, 6.45) is 7.29. The maximum Gasteiger partial charge on any atom is 0.305 e. The lowest BCUT2D eigenvalue weighted by molar-refractivity contribution is -0.145. The Kier molecular flexibility index (Phi) is 9.84. The molecule has 1 aliphatic heterocycles. The van der Waals surface area contributed by atoms with Crippen molar-refractivity contribution in [3.63, 3.8) is 0 Å². The van der Waals surface area contributed by atoms with E-state index in [1.54, 1.807) is 13.8 Å². The number of nitrogens with one attached hydrogen (secondary N) is 2. The van der Waals surface area contributed by atoms with E-state index in [9.17, 15) is 14.4 Å². The van der Waals surface area contributed by atoms with Crippen LogP contribution in [0.3, 0.4) is 0 Å². The first-order valence-corrected chi connectivity index (χ1v) is 8.93. The van der Waals surface area contributed by atoms with E-state index >= 15 is 0 Å². The topological polar surface area (TPSA) is 105 Å². The summed E-state index contributed by atoms with van der Waals surface area (Å²) in [5.74, 6) is -1.26. The second-order valence-corrected chi connectivity index (χ2v) is 6.60. The van der Waals surface area contributed by atoms with Crippen LogP contribution in [-0.2, 0) is 19.1 Å². The third-order valence-corrected chi connectivity index (χ3v) is 3.96. The van der Waals surface area contributed by atoms with E-state index in [0.29, 0.717) is 12.8 Å². The molecule has 1 rings (SSSR count). The number of hydrogen-bond donors (Lipinski definition) is 3. The Hall–Kier alpha value is -1.89. The highest BCUT2D eigenvalue weighted by atomic mass is 16.5. The van der Waals surface area contributed by atoms with E-state index in [1.807, 2.05) is 12.2 Å². The van der Waals surface area contributed by atoms with E-state index in [4.69, 9.17) is 9.84 Å². The van der Waals surface area contributed by atoms with Gasteiger partial charge >= 0.3 is 5.97 Å². The van der Waals surface area contributed by atoms with Crippen molar-refractivity contribution in [3.05, 3.63) is 12.2 Å². The maximum absolute atomic E-state index is 12.5. The second kappa shape index (κ2) is 11.6.